The number of hydrogen-bond acceptors (Lipinski definition) is 4. The molecule has 0 bridgehead atoms. The first-order chi connectivity index (χ1) is 9.23. The molecule has 1 fully saturated rings. The quantitative estimate of drug-likeness (QED) is 0.672. The van der Waals surface area contributed by atoms with E-state index in [1.807, 2.05) is 0 Å². The Labute approximate surface area is 118 Å². The third-order valence-corrected chi connectivity index (χ3v) is 5.55. The summed E-state index contributed by atoms with van der Waals surface area (Å²) in [6.07, 6.45) is 0. The number of benzene rings is 1. The summed E-state index contributed by atoms with van der Waals surface area (Å²) >= 11 is 0. The van der Waals surface area contributed by atoms with E-state index < -0.39 is 32.3 Å². The molecule has 0 spiro atoms. The van der Waals surface area contributed by atoms with Crippen LogP contribution in [0.5, 0.6) is 0 Å². The summed E-state index contributed by atoms with van der Waals surface area (Å²) in [4.78, 5) is 10.2. The lowest BCUT2D eigenvalue weighted by molar-refractivity contribution is -0.385. The maximum absolute atomic E-state index is 13.9. The Balaban J connectivity index is 2.38. The molecule has 1 aliphatic rings. The molecule has 7 heteroatoms. The lowest BCUT2D eigenvalue weighted by atomic mass is 10.0. The zero-order chi connectivity index (χ0) is 15.1. The molecular weight excluding hydrogens is 283 g/mol. The predicted octanol–water partition coefficient (Wildman–Crippen LogP) is 2.42. The van der Waals surface area contributed by atoms with Crippen LogP contribution in [0.3, 0.4) is 0 Å². The van der Waals surface area contributed by atoms with Gasteiger partial charge in [0.1, 0.15) is 5.82 Å². The molecule has 1 aromatic carbocycles. The number of rotatable bonds is 2. The Hall–Kier alpha value is -1.76. The summed E-state index contributed by atoms with van der Waals surface area (Å²) in [5, 5.41) is 13.8. The highest BCUT2D eigenvalue weighted by molar-refractivity contribution is 7.86. The van der Waals surface area contributed by atoms with Crippen LogP contribution in [0.15, 0.2) is 30.5 Å². The minimum absolute atomic E-state index is 0.143. The maximum Gasteiger partial charge on any atom is 0.269 e. The average Bonchev–Trinajstić information content (AvgIpc) is 2.36. The molecule has 0 aromatic heterocycles. The van der Waals surface area contributed by atoms with Gasteiger partial charge in [0.25, 0.3) is 5.69 Å². The van der Waals surface area contributed by atoms with Gasteiger partial charge in [0.15, 0.2) is 0 Å². The van der Waals surface area contributed by atoms with Crippen molar-refractivity contribution in [1.82, 2.24) is 5.32 Å². The minimum atomic E-state index is -1.24. The smallest absolute Gasteiger partial charge is 0.269 e. The second-order valence-electron chi connectivity index (χ2n) is 5.16. The van der Waals surface area contributed by atoms with Gasteiger partial charge in [-0.2, -0.15) is 0 Å². The van der Waals surface area contributed by atoms with Gasteiger partial charge in [-0.05, 0) is 19.9 Å². The van der Waals surface area contributed by atoms with Crippen molar-refractivity contribution in [3.05, 3.63) is 52.0 Å². The number of nitro benzene ring substituents is 1. The number of non-ortho nitro benzene ring substituents is 1. The predicted molar refractivity (Wildman–Crippen MR) is 75.2 cm³/mol. The van der Waals surface area contributed by atoms with Gasteiger partial charge >= 0.3 is 0 Å². The molecule has 20 heavy (non-hydrogen) atoms. The fraction of sp³-hybridized carbons (Fsp3) is 0.385. The topological polar surface area (TPSA) is 72.2 Å². The molecule has 0 amide bonds. The van der Waals surface area contributed by atoms with Gasteiger partial charge in [-0.1, -0.05) is 6.58 Å². The number of halogens is 1. The Morgan fingerprint density at radius 3 is 2.75 bits per heavy atom. The lowest BCUT2D eigenvalue weighted by Gasteiger charge is -2.37. The van der Waals surface area contributed by atoms with E-state index in [1.54, 1.807) is 13.8 Å². The van der Waals surface area contributed by atoms with Crippen molar-refractivity contribution in [3.63, 3.8) is 0 Å². The number of hydrogen-bond donors (Lipinski definition) is 1. The van der Waals surface area contributed by atoms with Crippen LogP contribution in [0, 0.1) is 15.9 Å². The van der Waals surface area contributed by atoms with E-state index in [4.69, 9.17) is 0 Å². The highest BCUT2D eigenvalue weighted by Crippen LogP contribution is 2.33. The normalized spacial score (nSPS) is 25.1. The van der Waals surface area contributed by atoms with Crippen molar-refractivity contribution in [2.75, 3.05) is 5.75 Å². The van der Waals surface area contributed by atoms with Gasteiger partial charge in [-0.25, -0.2) is 4.39 Å². The van der Waals surface area contributed by atoms with Crippen molar-refractivity contribution in [1.29, 1.82) is 0 Å². The van der Waals surface area contributed by atoms with Crippen LogP contribution in [0.2, 0.25) is 0 Å². The molecule has 1 N–H and O–H groups in total. The van der Waals surface area contributed by atoms with Crippen LogP contribution in [0.4, 0.5) is 10.1 Å². The highest BCUT2D eigenvalue weighted by atomic mass is 32.2. The molecule has 1 aliphatic heterocycles. The maximum atomic E-state index is 13.9. The van der Waals surface area contributed by atoms with E-state index in [0.717, 1.165) is 12.1 Å². The second-order valence-corrected chi connectivity index (χ2v) is 7.21. The molecule has 2 unspecified atom stereocenters. The standard InChI is InChI=1S/C13H15FN2O3S/c1-8-13(2,3)20(19)7-12(15-8)10-6-9(16(17)18)4-5-11(10)14/h4-6,12,15H,1,7H2,2-3H3. The summed E-state index contributed by atoms with van der Waals surface area (Å²) in [6, 6.07) is 2.77. The molecule has 5 nitrogen and oxygen atoms in total. The molecule has 0 saturated carbocycles. The summed E-state index contributed by atoms with van der Waals surface area (Å²) in [7, 11) is -1.24. The molecule has 1 aromatic rings. The van der Waals surface area contributed by atoms with Gasteiger partial charge in [-0.15, -0.1) is 0 Å². The van der Waals surface area contributed by atoms with Crippen LogP contribution < -0.4 is 5.32 Å². The molecule has 2 rings (SSSR count). The Kier molecular flexibility index (Phi) is 3.64. The van der Waals surface area contributed by atoms with Crippen LogP contribution >= 0.6 is 0 Å². The van der Waals surface area contributed by atoms with Crippen molar-refractivity contribution < 1.29 is 13.5 Å². The van der Waals surface area contributed by atoms with E-state index in [9.17, 15) is 18.7 Å². The van der Waals surface area contributed by atoms with E-state index in [-0.39, 0.29) is 17.0 Å². The first-order valence-electron chi connectivity index (χ1n) is 6.01. The van der Waals surface area contributed by atoms with E-state index in [0.29, 0.717) is 5.70 Å². The Morgan fingerprint density at radius 2 is 2.20 bits per heavy atom. The average molecular weight is 298 g/mol. The van der Waals surface area contributed by atoms with E-state index >= 15 is 0 Å². The van der Waals surface area contributed by atoms with Crippen LogP contribution in [-0.2, 0) is 10.8 Å². The Morgan fingerprint density at radius 1 is 1.55 bits per heavy atom. The van der Waals surface area contributed by atoms with Crippen LogP contribution in [0.25, 0.3) is 0 Å². The number of nitrogens with one attached hydrogen (secondary N) is 1. The van der Waals surface area contributed by atoms with Gasteiger partial charge in [0.05, 0.1) is 15.7 Å². The monoisotopic (exact) mass is 298 g/mol. The minimum Gasteiger partial charge on any atom is -0.380 e. The zero-order valence-electron chi connectivity index (χ0n) is 11.2. The first kappa shape index (κ1) is 14.6. The van der Waals surface area contributed by atoms with Gasteiger partial charge < -0.3 is 5.32 Å². The zero-order valence-corrected chi connectivity index (χ0v) is 12.0. The molecule has 0 aliphatic carbocycles. The van der Waals surface area contributed by atoms with E-state index in [1.165, 1.54) is 6.07 Å². The summed E-state index contributed by atoms with van der Waals surface area (Å²) in [6.45, 7) is 7.40. The SMILES string of the molecule is C=C1NC(c2cc([N+](=O)[O-])ccc2F)CS(=O)C1(C)C. The highest BCUT2D eigenvalue weighted by Gasteiger charge is 2.38. The number of nitro groups is 1. The van der Waals surface area contributed by atoms with Gasteiger partial charge in [0, 0.05) is 39.9 Å². The third kappa shape index (κ3) is 2.45. The largest absolute Gasteiger partial charge is 0.380 e. The summed E-state index contributed by atoms with van der Waals surface area (Å²) < 4.78 is 25.5. The fourth-order valence-electron chi connectivity index (χ4n) is 2.00. The second kappa shape index (κ2) is 4.97. The van der Waals surface area contributed by atoms with Gasteiger partial charge in [0.2, 0.25) is 0 Å². The number of nitrogens with zero attached hydrogens (tertiary/aromatic N) is 1. The molecule has 108 valence electrons. The van der Waals surface area contributed by atoms with Crippen molar-refractivity contribution in [3.8, 4) is 0 Å². The lowest BCUT2D eigenvalue weighted by Crippen LogP contribution is -2.46. The summed E-state index contributed by atoms with van der Waals surface area (Å²) in [5.74, 6) is -0.373. The van der Waals surface area contributed by atoms with Crippen molar-refractivity contribution >= 4 is 16.5 Å². The van der Waals surface area contributed by atoms with E-state index in [2.05, 4.69) is 11.9 Å². The summed E-state index contributed by atoms with van der Waals surface area (Å²) in [5.41, 5.74) is 0.492. The van der Waals surface area contributed by atoms with Crippen LogP contribution in [0.1, 0.15) is 25.5 Å². The molecule has 1 saturated heterocycles. The Bertz CT molecular complexity index is 596. The molecule has 2 atom stereocenters. The van der Waals surface area contributed by atoms with Crippen molar-refractivity contribution in [2.24, 2.45) is 0 Å². The molecule has 1 heterocycles. The van der Waals surface area contributed by atoms with Crippen LogP contribution in [-0.4, -0.2) is 19.6 Å². The first-order valence-corrected chi connectivity index (χ1v) is 7.33. The molecule has 0 radical (unpaired) electrons. The fourth-order valence-corrected chi connectivity index (χ4v) is 3.32. The van der Waals surface area contributed by atoms with Gasteiger partial charge in [-0.3, -0.25) is 14.3 Å². The third-order valence-electron chi connectivity index (χ3n) is 3.53. The van der Waals surface area contributed by atoms with Crippen molar-refractivity contribution in [2.45, 2.75) is 24.6 Å². The molecular formula is C13H15FN2O3S.